The zero-order chi connectivity index (χ0) is 12.8. The molecule has 3 nitrogen and oxygen atoms in total. The Morgan fingerprint density at radius 1 is 1.28 bits per heavy atom. The highest BCUT2D eigenvalue weighted by molar-refractivity contribution is 7.98. The van der Waals surface area contributed by atoms with Crippen molar-refractivity contribution >= 4 is 11.8 Å². The fourth-order valence-electron chi connectivity index (χ4n) is 1.65. The highest BCUT2D eigenvalue weighted by atomic mass is 32.2. The number of aryl methyl sites for hydroxylation is 1. The van der Waals surface area contributed by atoms with Crippen LogP contribution in [0.4, 0.5) is 0 Å². The maximum absolute atomic E-state index is 5.53. The number of nitrogens with zero attached hydrogens (tertiary/aromatic N) is 2. The molecule has 1 aromatic carbocycles. The number of aromatic nitrogens is 2. The molecule has 18 heavy (non-hydrogen) atoms. The third kappa shape index (κ3) is 3.82. The van der Waals surface area contributed by atoms with Gasteiger partial charge in [-0.25, -0.2) is 9.97 Å². The van der Waals surface area contributed by atoms with Crippen molar-refractivity contribution in [3.63, 3.8) is 0 Å². The summed E-state index contributed by atoms with van der Waals surface area (Å²) in [4.78, 5) is 10.0. The van der Waals surface area contributed by atoms with E-state index in [2.05, 4.69) is 41.2 Å². The van der Waals surface area contributed by atoms with Crippen LogP contribution >= 0.6 is 11.8 Å². The van der Waals surface area contributed by atoms with E-state index >= 15 is 0 Å². The molecular formula is C14H17N3S. The fourth-order valence-corrected chi connectivity index (χ4v) is 2.53. The third-order valence-electron chi connectivity index (χ3n) is 2.52. The minimum absolute atomic E-state index is 0.626. The Kier molecular flexibility index (Phi) is 4.73. The normalized spacial score (nSPS) is 10.6. The molecule has 2 rings (SSSR count). The Bertz CT molecular complexity index is 514. The summed E-state index contributed by atoms with van der Waals surface area (Å²) in [5.74, 6) is 1.66. The van der Waals surface area contributed by atoms with Gasteiger partial charge in [-0.05, 0) is 31.7 Å². The van der Waals surface area contributed by atoms with E-state index in [-0.39, 0.29) is 0 Å². The van der Waals surface area contributed by atoms with E-state index in [0.29, 0.717) is 6.54 Å². The molecule has 0 bridgehead atoms. The van der Waals surface area contributed by atoms with Crippen molar-refractivity contribution in [3.8, 4) is 0 Å². The number of rotatable bonds is 5. The van der Waals surface area contributed by atoms with Crippen LogP contribution in [0.5, 0.6) is 0 Å². The summed E-state index contributed by atoms with van der Waals surface area (Å²) in [5.41, 5.74) is 7.82. The maximum Gasteiger partial charge on any atom is 0.138 e. The number of thioether (sulfide) groups is 1. The average molecular weight is 259 g/mol. The van der Waals surface area contributed by atoms with Crippen LogP contribution in [0.2, 0.25) is 0 Å². The van der Waals surface area contributed by atoms with E-state index < -0.39 is 0 Å². The topological polar surface area (TPSA) is 51.8 Å². The van der Waals surface area contributed by atoms with Gasteiger partial charge in [0.05, 0.1) is 5.75 Å². The zero-order valence-corrected chi connectivity index (χ0v) is 11.3. The van der Waals surface area contributed by atoms with Gasteiger partial charge in [0, 0.05) is 23.2 Å². The molecule has 1 aromatic heterocycles. The van der Waals surface area contributed by atoms with Crippen LogP contribution in [0.25, 0.3) is 0 Å². The molecule has 2 aromatic rings. The molecule has 0 saturated carbocycles. The van der Waals surface area contributed by atoms with Crippen LogP contribution in [-0.4, -0.2) is 16.5 Å². The van der Waals surface area contributed by atoms with Gasteiger partial charge in [0.1, 0.15) is 5.82 Å². The van der Waals surface area contributed by atoms with Crippen molar-refractivity contribution in [2.75, 3.05) is 6.54 Å². The molecule has 0 aliphatic heterocycles. The van der Waals surface area contributed by atoms with E-state index in [4.69, 9.17) is 5.73 Å². The molecule has 0 amide bonds. The van der Waals surface area contributed by atoms with Gasteiger partial charge in [-0.15, -0.1) is 11.8 Å². The highest BCUT2D eigenvalue weighted by Gasteiger charge is 2.01. The van der Waals surface area contributed by atoms with Gasteiger partial charge in [0.2, 0.25) is 0 Å². The predicted molar refractivity (Wildman–Crippen MR) is 75.5 cm³/mol. The van der Waals surface area contributed by atoms with Gasteiger partial charge < -0.3 is 5.73 Å². The summed E-state index contributed by atoms with van der Waals surface area (Å²) >= 11 is 1.76. The Balaban J connectivity index is 1.99. The lowest BCUT2D eigenvalue weighted by Crippen LogP contribution is -2.06. The molecule has 0 spiro atoms. The van der Waals surface area contributed by atoms with Crippen molar-refractivity contribution in [3.05, 3.63) is 53.6 Å². The lowest BCUT2D eigenvalue weighted by molar-refractivity contribution is 0.883. The summed E-state index contributed by atoms with van der Waals surface area (Å²) in [6, 6.07) is 10.4. The molecule has 0 radical (unpaired) electrons. The van der Waals surface area contributed by atoms with Crippen LogP contribution in [0.3, 0.4) is 0 Å². The molecule has 0 aliphatic rings. The number of nitrogens with two attached hydrogens (primary N) is 1. The molecule has 0 atom stereocenters. The van der Waals surface area contributed by atoms with Gasteiger partial charge in [-0.1, -0.05) is 17.7 Å². The Labute approximate surface area is 112 Å². The quantitative estimate of drug-likeness (QED) is 0.839. The van der Waals surface area contributed by atoms with Crippen molar-refractivity contribution in [2.24, 2.45) is 5.73 Å². The Hall–Kier alpha value is -1.39. The van der Waals surface area contributed by atoms with E-state index in [1.165, 1.54) is 10.5 Å². The summed E-state index contributed by atoms with van der Waals surface area (Å²) < 4.78 is 0. The second-order valence-corrected chi connectivity index (χ2v) is 5.16. The first kappa shape index (κ1) is 13.1. The molecule has 94 valence electrons. The Morgan fingerprint density at radius 2 is 2.17 bits per heavy atom. The summed E-state index contributed by atoms with van der Waals surface area (Å²) in [6.07, 6.45) is 2.62. The highest BCUT2D eigenvalue weighted by Crippen LogP contribution is 2.21. The van der Waals surface area contributed by atoms with Gasteiger partial charge in [0.25, 0.3) is 0 Å². The van der Waals surface area contributed by atoms with E-state index in [1.54, 1.807) is 11.8 Å². The second-order valence-electron chi connectivity index (χ2n) is 4.11. The van der Waals surface area contributed by atoms with Gasteiger partial charge in [-0.3, -0.25) is 0 Å². The minimum Gasteiger partial charge on any atom is -0.330 e. The third-order valence-corrected chi connectivity index (χ3v) is 3.51. The molecular weight excluding hydrogens is 242 g/mol. The molecule has 0 unspecified atom stereocenters. The molecule has 0 fully saturated rings. The SMILES string of the molecule is Cc1cccc(SCc2nccc(CCN)n2)c1. The predicted octanol–water partition coefficient (Wildman–Crippen LogP) is 2.58. The monoisotopic (exact) mass is 259 g/mol. The van der Waals surface area contributed by atoms with Crippen LogP contribution in [0.1, 0.15) is 17.1 Å². The van der Waals surface area contributed by atoms with E-state index in [1.807, 2.05) is 12.3 Å². The molecule has 1 heterocycles. The number of hydrogen-bond donors (Lipinski definition) is 1. The van der Waals surface area contributed by atoms with Crippen molar-refractivity contribution in [2.45, 2.75) is 24.0 Å². The first-order valence-electron chi connectivity index (χ1n) is 5.98. The molecule has 0 aliphatic carbocycles. The van der Waals surface area contributed by atoms with Crippen LogP contribution in [0, 0.1) is 6.92 Å². The molecule has 4 heteroatoms. The fraction of sp³-hybridized carbons (Fsp3) is 0.286. The van der Waals surface area contributed by atoms with Gasteiger partial charge >= 0.3 is 0 Å². The van der Waals surface area contributed by atoms with Gasteiger partial charge in [0.15, 0.2) is 0 Å². The largest absolute Gasteiger partial charge is 0.330 e. The minimum atomic E-state index is 0.626. The van der Waals surface area contributed by atoms with Crippen LogP contribution in [0.15, 0.2) is 41.4 Å². The number of benzene rings is 1. The lowest BCUT2D eigenvalue weighted by atomic mass is 10.2. The lowest BCUT2D eigenvalue weighted by Gasteiger charge is -2.03. The van der Waals surface area contributed by atoms with Crippen molar-refractivity contribution in [1.29, 1.82) is 0 Å². The smallest absolute Gasteiger partial charge is 0.138 e. The maximum atomic E-state index is 5.53. The second kappa shape index (κ2) is 6.52. The van der Waals surface area contributed by atoms with E-state index in [0.717, 1.165) is 23.7 Å². The van der Waals surface area contributed by atoms with E-state index in [9.17, 15) is 0 Å². The average Bonchev–Trinajstić information content (AvgIpc) is 2.37. The molecule has 0 saturated heterocycles. The summed E-state index contributed by atoms with van der Waals surface area (Å²) in [6.45, 7) is 2.73. The van der Waals surface area contributed by atoms with Gasteiger partial charge in [-0.2, -0.15) is 0 Å². The Morgan fingerprint density at radius 3 is 2.94 bits per heavy atom. The molecule has 2 N–H and O–H groups in total. The summed E-state index contributed by atoms with van der Waals surface area (Å²) in [7, 11) is 0. The summed E-state index contributed by atoms with van der Waals surface area (Å²) in [5, 5.41) is 0. The number of hydrogen-bond acceptors (Lipinski definition) is 4. The zero-order valence-electron chi connectivity index (χ0n) is 10.5. The first-order valence-corrected chi connectivity index (χ1v) is 6.97. The standard InChI is InChI=1S/C14H17N3S/c1-11-3-2-4-13(9-11)18-10-14-16-8-6-12(17-14)5-7-15/h2-4,6,8-9H,5,7,10,15H2,1H3. The van der Waals surface area contributed by atoms with Crippen molar-refractivity contribution in [1.82, 2.24) is 9.97 Å². The van der Waals surface area contributed by atoms with Crippen LogP contribution in [-0.2, 0) is 12.2 Å². The van der Waals surface area contributed by atoms with Crippen LogP contribution < -0.4 is 5.73 Å². The first-order chi connectivity index (χ1) is 8.78. The van der Waals surface area contributed by atoms with Crippen molar-refractivity contribution < 1.29 is 0 Å².